The Morgan fingerprint density at radius 1 is 1.21 bits per heavy atom. The van der Waals surface area contributed by atoms with Crippen LogP contribution in [-0.4, -0.2) is 78.1 Å². The van der Waals surface area contributed by atoms with Crippen molar-refractivity contribution < 1.29 is 14.4 Å². The van der Waals surface area contributed by atoms with Gasteiger partial charge in [-0.25, -0.2) is 0 Å². The van der Waals surface area contributed by atoms with Gasteiger partial charge in [-0.1, -0.05) is 17.7 Å². The van der Waals surface area contributed by atoms with Gasteiger partial charge in [0.1, 0.15) is 0 Å². The summed E-state index contributed by atoms with van der Waals surface area (Å²) in [6.07, 6.45) is 1.41. The summed E-state index contributed by atoms with van der Waals surface area (Å²) in [4.78, 5) is 46.2. The van der Waals surface area contributed by atoms with Crippen LogP contribution in [0.25, 0.3) is 0 Å². The lowest BCUT2D eigenvalue weighted by Gasteiger charge is -2.33. The van der Waals surface area contributed by atoms with Crippen molar-refractivity contribution in [2.75, 3.05) is 44.2 Å². The fourth-order valence-corrected chi connectivity index (χ4v) is 3.62. The Kier molecular flexibility index (Phi) is 6.71. The minimum atomic E-state index is -1.00. The molecule has 8 nitrogen and oxygen atoms in total. The molecule has 3 rings (SSSR count). The average molecular weight is 416 g/mol. The van der Waals surface area contributed by atoms with Gasteiger partial charge in [0.05, 0.1) is 12.2 Å². The highest BCUT2D eigenvalue weighted by Gasteiger charge is 2.38. The molecule has 2 aliphatic heterocycles. The molecule has 0 saturated carbocycles. The summed E-state index contributed by atoms with van der Waals surface area (Å²) in [5.41, 5.74) is 1.68. The van der Waals surface area contributed by atoms with Crippen LogP contribution in [0.3, 0.4) is 0 Å². The number of aliphatic imine (C=N–C) groups is 1. The fourth-order valence-electron chi connectivity index (χ4n) is 3.33. The summed E-state index contributed by atoms with van der Waals surface area (Å²) in [5.74, 6) is -1.76. The largest absolute Gasteiger partial charge is 0.340 e. The van der Waals surface area contributed by atoms with Crippen LogP contribution in [0.5, 0.6) is 0 Å². The predicted octanol–water partition coefficient (Wildman–Crippen LogP) is 0.594. The third kappa shape index (κ3) is 5.04. The summed E-state index contributed by atoms with van der Waals surface area (Å²) in [6, 6.07) is 7.37. The highest BCUT2D eigenvalue weighted by Crippen LogP contribution is 2.20. The number of anilines is 1. The zero-order chi connectivity index (χ0) is 21.0. The molecule has 0 aliphatic carbocycles. The van der Waals surface area contributed by atoms with Crippen LogP contribution in [0.2, 0.25) is 0 Å². The first-order valence-electron chi connectivity index (χ1n) is 9.60. The fraction of sp³-hybridized carbons (Fsp3) is 0.450. The van der Waals surface area contributed by atoms with Crippen molar-refractivity contribution in [3.8, 4) is 0 Å². The molecule has 1 N–H and O–H groups in total. The van der Waals surface area contributed by atoms with Crippen molar-refractivity contribution in [1.82, 2.24) is 15.1 Å². The van der Waals surface area contributed by atoms with Gasteiger partial charge in [0, 0.05) is 45.9 Å². The van der Waals surface area contributed by atoms with Crippen molar-refractivity contribution in [2.45, 2.75) is 13.8 Å². The summed E-state index contributed by atoms with van der Waals surface area (Å²) in [6.45, 7) is 7.75. The molecule has 1 atom stereocenters. The second-order valence-corrected chi connectivity index (χ2v) is 7.57. The van der Waals surface area contributed by atoms with Gasteiger partial charge in [-0.2, -0.15) is 0 Å². The van der Waals surface area contributed by atoms with Gasteiger partial charge in [0.2, 0.25) is 11.8 Å². The molecule has 154 valence electrons. The van der Waals surface area contributed by atoms with E-state index in [4.69, 9.17) is 12.2 Å². The second-order valence-electron chi connectivity index (χ2n) is 7.18. The van der Waals surface area contributed by atoms with Crippen molar-refractivity contribution >= 4 is 47.0 Å². The molecular formula is C20H25N5O3S. The van der Waals surface area contributed by atoms with Crippen LogP contribution < -0.4 is 10.2 Å². The summed E-state index contributed by atoms with van der Waals surface area (Å²) < 4.78 is 0. The van der Waals surface area contributed by atoms with Gasteiger partial charge >= 0.3 is 0 Å². The topological polar surface area (TPSA) is 85.3 Å². The van der Waals surface area contributed by atoms with Gasteiger partial charge in [-0.15, -0.1) is 0 Å². The van der Waals surface area contributed by atoms with E-state index in [1.807, 2.05) is 24.0 Å². The Balaban J connectivity index is 1.57. The van der Waals surface area contributed by atoms with Crippen molar-refractivity contribution in [3.05, 3.63) is 29.8 Å². The summed E-state index contributed by atoms with van der Waals surface area (Å²) in [5, 5.41) is 2.67. The van der Waals surface area contributed by atoms with Crippen molar-refractivity contribution in [3.63, 3.8) is 0 Å². The zero-order valence-electron chi connectivity index (χ0n) is 16.6. The van der Waals surface area contributed by atoms with Crippen LogP contribution in [-0.2, 0) is 14.4 Å². The number of nitrogens with one attached hydrogen (secondary N) is 1. The number of carbonyl (C=O) groups excluding carboxylic acids is 3. The van der Waals surface area contributed by atoms with Crippen molar-refractivity contribution in [1.29, 1.82) is 0 Å². The van der Waals surface area contributed by atoms with E-state index in [9.17, 15) is 14.4 Å². The maximum absolute atomic E-state index is 12.9. The van der Waals surface area contributed by atoms with Crippen LogP contribution in [0.15, 0.2) is 29.3 Å². The van der Waals surface area contributed by atoms with Gasteiger partial charge in [0.25, 0.3) is 5.91 Å². The molecular weight excluding hydrogens is 390 g/mol. The molecule has 0 radical (unpaired) electrons. The number of hydrogen-bond donors (Lipinski definition) is 1. The lowest BCUT2D eigenvalue weighted by molar-refractivity contribution is -0.131. The normalized spacial score (nSPS) is 21.0. The van der Waals surface area contributed by atoms with Crippen LogP contribution in [0, 0.1) is 12.8 Å². The molecule has 0 unspecified atom stereocenters. The SMILES string of the molecule is CC(=O)N1CCN(CCN=C[C@H]2C(=O)NC(=S)N(c3ccc(C)cc3)C2=O)CC1. The molecule has 2 aliphatic rings. The average Bonchev–Trinajstić information content (AvgIpc) is 2.69. The van der Waals surface area contributed by atoms with Crippen LogP contribution >= 0.6 is 12.2 Å². The van der Waals surface area contributed by atoms with E-state index in [1.54, 1.807) is 19.1 Å². The Morgan fingerprint density at radius 3 is 2.48 bits per heavy atom. The van der Waals surface area contributed by atoms with E-state index in [2.05, 4.69) is 15.2 Å². The van der Waals surface area contributed by atoms with E-state index in [1.165, 1.54) is 11.1 Å². The van der Waals surface area contributed by atoms with Gasteiger partial charge in [-0.3, -0.25) is 29.2 Å². The maximum Gasteiger partial charge on any atom is 0.251 e. The summed E-state index contributed by atoms with van der Waals surface area (Å²) >= 11 is 5.19. The van der Waals surface area contributed by atoms with E-state index in [0.29, 0.717) is 31.9 Å². The molecule has 1 aromatic rings. The van der Waals surface area contributed by atoms with E-state index < -0.39 is 17.7 Å². The zero-order valence-corrected chi connectivity index (χ0v) is 17.4. The van der Waals surface area contributed by atoms with Gasteiger partial charge < -0.3 is 10.2 Å². The first-order valence-corrected chi connectivity index (χ1v) is 10.0. The highest BCUT2D eigenvalue weighted by molar-refractivity contribution is 7.80. The van der Waals surface area contributed by atoms with Crippen molar-refractivity contribution in [2.24, 2.45) is 10.9 Å². The Morgan fingerprint density at radius 2 is 1.86 bits per heavy atom. The Hall–Kier alpha value is -2.65. The number of rotatable bonds is 5. The van der Waals surface area contributed by atoms with Crippen LogP contribution in [0.4, 0.5) is 5.69 Å². The minimum absolute atomic E-state index is 0.0804. The monoisotopic (exact) mass is 415 g/mol. The molecule has 29 heavy (non-hydrogen) atoms. The highest BCUT2D eigenvalue weighted by atomic mass is 32.1. The number of nitrogens with zero attached hydrogens (tertiary/aromatic N) is 4. The molecule has 0 spiro atoms. The molecule has 2 saturated heterocycles. The number of aryl methyl sites for hydroxylation is 1. The third-order valence-electron chi connectivity index (χ3n) is 5.11. The Labute approximate surface area is 175 Å². The minimum Gasteiger partial charge on any atom is -0.340 e. The molecule has 0 aromatic heterocycles. The van der Waals surface area contributed by atoms with Gasteiger partial charge in [-0.05, 0) is 31.3 Å². The smallest absolute Gasteiger partial charge is 0.251 e. The standard InChI is InChI=1S/C20H25N5O3S/c1-14-3-5-16(6-4-14)25-19(28)17(18(27)22-20(25)29)13-21-7-8-23-9-11-24(12-10-23)15(2)26/h3-6,13,17H,7-12H2,1-2H3,(H,22,27,29)/t17-/m0/s1. The van der Waals surface area contributed by atoms with Crippen LogP contribution in [0.1, 0.15) is 12.5 Å². The van der Waals surface area contributed by atoms with E-state index >= 15 is 0 Å². The molecule has 1 aromatic carbocycles. The lowest BCUT2D eigenvalue weighted by atomic mass is 10.1. The number of hydrogen-bond acceptors (Lipinski definition) is 6. The number of benzene rings is 1. The molecule has 0 bridgehead atoms. The number of amides is 3. The predicted molar refractivity (Wildman–Crippen MR) is 115 cm³/mol. The quantitative estimate of drug-likeness (QED) is 0.432. The lowest BCUT2D eigenvalue weighted by Crippen LogP contribution is -2.58. The second kappa shape index (κ2) is 9.23. The molecule has 2 fully saturated rings. The van der Waals surface area contributed by atoms with E-state index in [-0.39, 0.29) is 11.0 Å². The number of piperazine rings is 1. The third-order valence-corrected chi connectivity index (χ3v) is 5.40. The first kappa shape index (κ1) is 21.1. The molecule has 9 heteroatoms. The number of thiocarbonyl (C=S) groups is 1. The number of carbonyl (C=O) groups is 3. The summed E-state index contributed by atoms with van der Waals surface area (Å²) in [7, 11) is 0. The Bertz CT molecular complexity index is 831. The molecule has 2 heterocycles. The van der Waals surface area contributed by atoms with E-state index in [0.717, 1.165) is 18.7 Å². The maximum atomic E-state index is 12.9. The van der Waals surface area contributed by atoms with Gasteiger partial charge in [0.15, 0.2) is 11.0 Å². The first-order chi connectivity index (χ1) is 13.9. The molecule has 3 amide bonds.